The van der Waals surface area contributed by atoms with Gasteiger partial charge in [-0.25, -0.2) is 0 Å². The minimum Gasteiger partial charge on any atom is -0.494 e. The molecular formula is C23H39NO2. The van der Waals surface area contributed by atoms with Gasteiger partial charge in [0.2, 0.25) is 0 Å². The average molecular weight is 362 g/mol. The number of benzene rings is 1. The zero-order chi connectivity index (χ0) is 19.0. The van der Waals surface area contributed by atoms with E-state index < -0.39 is 0 Å². The van der Waals surface area contributed by atoms with Crippen molar-refractivity contribution in [3.8, 4) is 5.75 Å². The van der Waals surface area contributed by atoms with Gasteiger partial charge in [0.15, 0.2) is 0 Å². The maximum atomic E-state index is 12.3. The maximum absolute atomic E-state index is 12.3. The van der Waals surface area contributed by atoms with Gasteiger partial charge in [-0.2, -0.15) is 0 Å². The summed E-state index contributed by atoms with van der Waals surface area (Å²) >= 11 is 0. The van der Waals surface area contributed by atoms with Crippen molar-refractivity contribution in [1.29, 1.82) is 0 Å². The van der Waals surface area contributed by atoms with E-state index in [2.05, 4.69) is 26.1 Å². The Morgan fingerprint density at radius 2 is 1.58 bits per heavy atom. The SMILES string of the molecule is CCCCCCCCOc1ccc(C(=O)NC[C@H](CC)CCCC)cc1. The summed E-state index contributed by atoms with van der Waals surface area (Å²) in [5.41, 5.74) is 0.710. The first kappa shape index (κ1) is 22.5. The summed E-state index contributed by atoms with van der Waals surface area (Å²) in [6.07, 6.45) is 12.3. The van der Waals surface area contributed by atoms with Gasteiger partial charge in [0.1, 0.15) is 5.75 Å². The number of carbonyl (C=O) groups is 1. The van der Waals surface area contributed by atoms with Crippen LogP contribution in [0.4, 0.5) is 0 Å². The van der Waals surface area contributed by atoms with Crippen molar-refractivity contribution in [2.75, 3.05) is 13.2 Å². The molecule has 0 saturated carbocycles. The zero-order valence-electron chi connectivity index (χ0n) is 17.2. The predicted octanol–water partition coefficient (Wildman–Crippen LogP) is 6.37. The van der Waals surface area contributed by atoms with E-state index in [0.717, 1.165) is 31.7 Å². The second-order valence-corrected chi connectivity index (χ2v) is 7.27. The van der Waals surface area contributed by atoms with Crippen LogP contribution in [0.5, 0.6) is 5.75 Å². The van der Waals surface area contributed by atoms with E-state index in [4.69, 9.17) is 4.74 Å². The zero-order valence-corrected chi connectivity index (χ0v) is 17.2. The summed E-state index contributed by atoms with van der Waals surface area (Å²) in [5, 5.41) is 3.08. The largest absolute Gasteiger partial charge is 0.494 e. The second-order valence-electron chi connectivity index (χ2n) is 7.27. The molecule has 0 unspecified atom stereocenters. The molecule has 1 aromatic carbocycles. The Morgan fingerprint density at radius 3 is 2.23 bits per heavy atom. The van der Waals surface area contributed by atoms with Crippen LogP contribution in [-0.2, 0) is 0 Å². The van der Waals surface area contributed by atoms with Crippen LogP contribution < -0.4 is 10.1 Å². The van der Waals surface area contributed by atoms with Gasteiger partial charge >= 0.3 is 0 Å². The molecule has 1 N–H and O–H groups in total. The van der Waals surface area contributed by atoms with Crippen LogP contribution in [-0.4, -0.2) is 19.1 Å². The molecule has 0 bridgehead atoms. The average Bonchev–Trinajstić information content (AvgIpc) is 2.67. The van der Waals surface area contributed by atoms with Crippen LogP contribution in [0.2, 0.25) is 0 Å². The first-order valence-electron chi connectivity index (χ1n) is 10.7. The molecule has 0 aliphatic rings. The molecule has 0 radical (unpaired) electrons. The van der Waals surface area contributed by atoms with Gasteiger partial charge in [-0.15, -0.1) is 0 Å². The monoisotopic (exact) mass is 361 g/mol. The molecule has 0 aromatic heterocycles. The lowest BCUT2D eigenvalue weighted by atomic mass is 9.99. The number of rotatable bonds is 15. The first-order valence-corrected chi connectivity index (χ1v) is 10.7. The molecule has 0 aliphatic heterocycles. The van der Waals surface area contributed by atoms with Crippen LogP contribution in [0, 0.1) is 5.92 Å². The highest BCUT2D eigenvalue weighted by Crippen LogP contribution is 2.15. The van der Waals surface area contributed by atoms with Gasteiger partial charge in [-0.05, 0) is 43.0 Å². The molecule has 1 amide bonds. The molecule has 1 rings (SSSR count). The standard InChI is InChI=1S/C23H39NO2/c1-4-7-9-10-11-12-18-26-22-16-14-21(15-17-22)23(25)24-19-20(6-3)13-8-5-2/h14-17,20H,4-13,18-19H2,1-3H3,(H,24,25)/t20-/m1/s1. The summed E-state index contributed by atoms with van der Waals surface area (Å²) in [5.74, 6) is 1.45. The van der Waals surface area contributed by atoms with E-state index in [1.807, 2.05) is 24.3 Å². The highest BCUT2D eigenvalue weighted by molar-refractivity contribution is 5.94. The summed E-state index contributed by atoms with van der Waals surface area (Å²) < 4.78 is 5.78. The smallest absolute Gasteiger partial charge is 0.251 e. The van der Waals surface area contributed by atoms with Gasteiger partial charge in [0.05, 0.1) is 6.61 Å². The van der Waals surface area contributed by atoms with Crippen LogP contribution >= 0.6 is 0 Å². The van der Waals surface area contributed by atoms with E-state index in [0.29, 0.717) is 11.5 Å². The molecule has 0 fully saturated rings. The lowest BCUT2D eigenvalue weighted by molar-refractivity contribution is 0.0946. The third kappa shape index (κ3) is 9.84. The van der Waals surface area contributed by atoms with E-state index in [1.54, 1.807) is 0 Å². The third-order valence-electron chi connectivity index (χ3n) is 4.98. The Kier molecular flexibility index (Phi) is 12.7. The summed E-state index contributed by atoms with van der Waals surface area (Å²) in [4.78, 5) is 12.3. The highest BCUT2D eigenvalue weighted by atomic mass is 16.5. The Bertz CT molecular complexity index is 470. The lowest BCUT2D eigenvalue weighted by Crippen LogP contribution is -2.29. The minimum absolute atomic E-state index is 0.0161. The van der Waals surface area contributed by atoms with Gasteiger partial charge in [0, 0.05) is 12.1 Å². The third-order valence-corrected chi connectivity index (χ3v) is 4.98. The number of amides is 1. The van der Waals surface area contributed by atoms with Gasteiger partial charge < -0.3 is 10.1 Å². The number of hydrogen-bond acceptors (Lipinski definition) is 2. The van der Waals surface area contributed by atoms with Crippen molar-refractivity contribution in [2.45, 2.75) is 85.0 Å². The molecule has 0 saturated heterocycles. The van der Waals surface area contributed by atoms with Crippen LogP contribution in [0.3, 0.4) is 0 Å². The van der Waals surface area contributed by atoms with Crippen molar-refractivity contribution >= 4 is 5.91 Å². The van der Waals surface area contributed by atoms with Crippen LogP contribution in [0.1, 0.15) is 95.3 Å². The molecule has 1 atom stereocenters. The predicted molar refractivity (Wildman–Crippen MR) is 111 cm³/mol. The number of carbonyl (C=O) groups excluding carboxylic acids is 1. The molecule has 0 heterocycles. The van der Waals surface area contributed by atoms with Crippen molar-refractivity contribution in [3.05, 3.63) is 29.8 Å². The normalized spacial score (nSPS) is 12.0. The molecule has 26 heavy (non-hydrogen) atoms. The number of hydrogen-bond donors (Lipinski definition) is 1. The van der Waals surface area contributed by atoms with Gasteiger partial charge in [0.25, 0.3) is 5.91 Å². The molecule has 3 heteroatoms. The lowest BCUT2D eigenvalue weighted by Gasteiger charge is -2.15. The Labute approximate surface area is 160 Å². The molecular weight excluding hydrogens is 322 g/mol. The maximum Gasteiger partial charge on any atom is 0.251 e. The fraction of sp³-hybridized carbons (Fsp3) is 0.696. The van der Waals surface area contributed by atoms with Crippen molar-refractivity contribution in [1.82, 2.24) is 5.32 Å². The van der Waals surface area contributed by atoms with E-state index in [-0.39, 0.29) is 5.91 Å². The molecule has 0 spiro atoms. The van der Waals surface area contributed by atoms with Gasteiger partial charge in [-0.3, -0.25) is 4.79 Å². The molecule has 1 aromatic rings. The number of nitrogens with one attached hydrogen (secondary N) is 1. The fourth-order valence-electron chi connectivity index (χ4n) is 3.06. The highest BCUT2D eigenvalue weighted by Gasteiger charge is 2.10. The minimum atomic E-state index is 0.0161. The number of ether oxygens (including phenoxy) is 1. The Morgan fingerprint density at radius 1 is 0.923 bits per heavy atom. The first-order chi connectivity index (χ1) is 12.7. The summed E-state index contributed by atoms with van der Waals surface area (Å²) in [6.45, 7) is 8.17. The van der Waals surface area contributed by atoms with Crippen LogP contribution in [0.15, 0.2) is 24.3 Å². The second kappa shape index (κ2) is 14.6. The van der Waals surface area contributed by atoms with E-state index in [1.165, 1.54) is 51.4 Å². The fourth-order valence-corrected chi connectivity index (χ4v) is 3.06. The topological polar surface area (TPSA) is 38.3 Å². The van der Waals surface area contributed by atoms with E-state index >= 15 is 0 Å². The van der Waals surface area contributed by atoms with Crippen LogP contribution in [0.25, 0.3) is 0 Å². The Hall–Kier alpha value is -1.51. The summed E-state index contributed by atoms with van der Waals surface area (Å²) in [6, 6.07) is 7.53. The number of unbranched alkanes of at least 4 members (excludes halogenated alkanes) is 6. The van der Waals surface area contributed by atoms with Crippen molar-refractivity contribution in [3.63, 3.8) is 0 Å². The molecule has 148 valence electrons. The van der Waals surface area contributed by atoms with Crippen molar-refractivity contribution < 1.29 is 9.53 Å². The molecule has 0 aliphatic carbocycles. The van der Waals surface area contributed by atoms with E-state index in [9.17, 15) is 4.79 Å². The quantitative estimate of drug-likeness (QED) is 0.368. The molecule has 3 nitrogen and oxygen atoms in total. The van der Waals surface area contributed by atoms with Gasteiger partial charge in [-0.1, -0.05) is 72.1 Å². The summed E-state index contributed by atoms with van der Waals surface area (Å²) in [7, 11) is 0. The Balaban J connectivity index is 2.27. The van der Waals surface area contributed by atoms with Crippen molar-refractivity contribution in [2.24, 2.45) is 5.92 Å².